The van der Waals surface area contributed by atoms with Crippen LogP contribution in [0.25, 0.3) is 77.7 Å². The molecule has 2 aliphatic rings. The van der Waals surface area contributed by atoms with Crippen molar-refractivity contribution in [3.05, 3.63) is 168 Å². The second-order valence-corrected chi connectivity index (χ2v) is 14.9. The van der Waals surface area contributed by atoms with Crippen LogP contribution in [0.4, 0.5) is 0 Å². The fraction of sp³-hybridized carbons (Fsp3) is 0.125. The van der Waals surface area contributed by atoms with Crippen LogP contribution in [0.3, 0.4) is 0 Å². The maximum Gasteiger partial charge on any atom is 0.0753 e. The third-order valence-electron chi connectivity index (χ3n) is 11.5. The molecule has 0 amide bonds. The third-order valence-corrected chi connectivity index (χ3v) is 11.5. The molecule has 2 aromatic heterocycles. The van der Waals surface area contributed by atoms with Crippen LogP contribution in [-0.4, -0.2) is 9.97 Å². The fourth-order valence-corrected chi connectivity index (χ4v) is 8.91. The second kappa shape index (κ2) is 10.3. The van der Waals surface area contributed by atoms with Gasteiger partial charge in [-0.1, -0.05) is 161 Å². The molecule has 2 heteroatoms. The van der Waals surface area contributed by atoms with Gasteiger partial charge in [0.2, 0.25) is 0 Å². The van der Waals surface area contributed by atoms with Gasteiger partial charge in [-0.2, -0.15) is 0 Å². The summed E-state index contributed by atoms with van der Waals surface area (Å²) in [6.45, 7) is 9.22. The van der Waals surface area contributed by atoms with Crippen LogP contribution in [0.2, 0.25) is 0 Å². The SMILES string of the molecule is CC1(C)c2ccccc2-c2nc(-c3ccc(-c4ccc(-c5ccc6c(n5)-c5ccccc5C6(C)C)c5ccccc45)c4ccccc34)ccc21. The van der Waals surface area contributed by atoms with Gasteiger partial charge >= 0.3 is 0 Å². The van der Waals surface area contributed by atoms with Crippen LogP contribution < -0.4 is 0 Å². The third kappa shape index (κ3) is 3.96. The van der Waals surface area contributed by atoms with E-state index in [2.05, 4.69) is 173 Å². The van der Waals surface area contributed by atoms with E-state index in [0.717, 1.165) is 33.9 Å². The van der Waals surface area contributed by atoms with E-state index < -0.39 is 0 Å². The summed E-state index contributed by atoms with van der Waals surface area (Å²) in [6, 6.07) is 53.1. The topological polar surface area (TPSA) is 25.8 Å². The molecule has 6 aromatic carbocycles. The van der Waals surface area contributed by atoms with Gasteiger partial charge in [-0.05, 0) is 67.1 Å². The van der Waals surface area contributed by atoms with Crippen molar-refractivity contribution in [2.24, 2.45) is 0 Å². The van der Waals surface area contributed by atoms with E-state index in [1.54, 1.807) is 0 Å². The normalized spacial score (nSPS) is 14.7. The molecule has 0 unspecified atom stereocenters. The molecule has 0 aliphatic heterocycles. The van der Waals surface area contributed by atoms with Crippen LogP contribution in [0.15, 0.2) is 146 Å². The van der Waals surface area contributed by atoms with Crippen LogP contribution in [0.5, 0.6) is 0 Å². The number of hydrogen-bond donors (Lipinski definition) is 0. The maximum absolute atomic E-state index is 5.35. The van der Waals surface area contributed by atoms with Gasteiger partial charge in [0.1, 0.15) is 0 Å². The number of aromatic nitrogens is 2. The van der Waals surface area contributed by atoms with E-state index in [0.29, 0.717) is 0 Å². The molecule has 0 saturated heterocycles. The molecule has 2 aliphatic carbocycles. The van der Waals surface area contributed by atoms with Gasteiger partial charge < -0.3 is 0 Å². The van der Waals surface area contributed by atoms with Gasteiger partial charge in [0.05, 0.1) is 22.8 Å². The Morgan fingerprint density at radius 3 is 1.06 bits per heavy atom. The Hall–Kier alpha value is -5.86. The van der Waals surface area contributed by atoms with Gasteiger partial charge in [-0.3, -0.25) is 0 Å². The standard InChI is InChI=1S/C48H36N2/c1-47(2)39-19-11-9-17-37(39)45-41(47)25-27-43(49-45)35-23-21-33(29-13-5-7-15-31(29)35)34-22-24-36(32-16-8-6-14-30(32)34)44-28-26-42-46(50-44)38-18-10-12-20-40(38)48(42,3)4/h5-28H,1-4H3. The lowest BCUT2D eigenvalue weighted by atomic mass is 9.82. The highest BCUT2D eigenvalue weighted by atomic mass is 14.8. The predicted molar refractivity (Wildman–Crippen MR) is 208 cm³/mol. The van der Waals surface area contributed by atoms with Crippen molar-refractivity contribution in [3.8, 4) is 56.2 Å². The smallest absolute Gasteiger partial charge is 0.0753 e. The van der Waals surface area contributed by atoms with E-state index in [4.69, 9.17) is 9.97 Å². The molecule has 238 valence electrons. The average Bonchev–Trinajstić information content (AvgIpc) is 3.53. The molecule has 0 spiro atoms. The van der Waals surface area contributed by atoms with Gasteiger partial charge in [0.25, 0.3) is 0 Å². The zero-order valence-electron chi connectivity index (χ0n) is 28.8. The highest BCUT2D eigenvalue weighted by Gasteiger charge is 2.37. The summed E-state index contributed by atoms with van der Waals surface area (Å²) in [5.74, 6) is 0. The van der Waals surface area contributed by atoms with Gasteiger partial charge in [0, 0.05) is 33.1 Å². The first-order chi connectivity index (χ1) is 24.3. The molecular formula is C48H36N2. The number of hydrogen-bond acceptors (Lipinski definition) is 2. The lowest BCUT2D eigenvalue weighted by Crippen LogP contribution is -2.14. The van der Waals surface area contributed by atoms with Crippen molar-refractivity contribution in [1.29, 1.82) is 0 Å². The maximum atomic E-state index is 5.35. The summed E-state index contributed by atoms with van der Waals surface area (Å²) < 4.78 is 0. The monoisotopic (exact) mass is 640 g/mol. The van der Waals surface area contributed by atoms with Crippen molar-refractivity contribution in [1.82, 2.24) is 9.97 Å². The number of benzene rings is 6. The first-order valence-corrected chi connectivity index (χ1v) is 17.6. The van der Waals surface area contributed by atoms with Crippen LogP contribution in [0, 0.1) is 0 Å². The molecule has 0 radical (unpaired) electrons. The zero-order chi connectivity index (χ0) is 33.8. The summed E-state index contributed by atoms with van der Waals surface area (Å²) in [5.41, 5.74) is 16.6. The minimum absolute atomic E-state index is 0.0625. The van der Waals surface area contributed by atoms with E-state index in [1.165, 1.54) is 66.1 Å². The van der Waals surface area contributed by atoms with Crippen molar-refractivity contribution in [3.63, 3.8) is 0 Å². The molecule has 0 fully saturated rings. The lowest BCUT2D eigenvalue weighted by molar-refractivity contribution is 0.659. The van der Waals surface area contributed by atoms with E-state index in [1.807, 2.05) is 0 Å². The Balaban J connectivity index is 1.12. The Kier molecular flexibility index (Phi) is 6.01. The molecule has 0 N–H and O–H groups in total. The zero-order valence-corrected chi connectivity index (χ0v) is 28.8. The molecule has 50 heavy (non-hydrogen) atoms. The van der Waals surface area contributed by atoms with Crippen molar-refractivity contribution in [2.75, 3.05) is 0 Å². The van der Waals surface area contributed by atoms with Crippen LogP contribution >= 0.6 is 0 Å². The molecule has 8 aromatic rings. The summed E-state index contributed by atoms with van der Waals surface area (Å²) in [5, 5.41) is 4.86. The second-order valence-electron chi connectivity index (χ2n) is 14.9. The van der Waals surface area contributed by atoms with Crippen LogP contribution in [-0.2, 0) is 10.8 Å². The summed E-state index contributed by atoms with van der Waals surface area (Å²) in [4.78, 5) is 10.7. The Bertz CT molecular complexity index is 2520. The highest BCUT2D eigenvalue weighted by Crippen LogP contribution is 2.50. The van der Waals surface area contributed by atoms with Gasteiger partial charge in [0.15, 0.2) is 0 Å². The van der Waals surface area contributed by atoms with Crippen molar-refractivity contribution in [2.45, 2.75) is 38.5 Å². The van der Waals surface area contributed by atoms with E-state index in [9.17, 15) is 0 Å². The summed E-state index contributed by atoms with van der Waals surface area (Å²) in [7, 11) is 0. The number of rotatable bonds is 3. The Labute approximate surface area is 293 Å². The number of nitrogens with zero attached hydrogens (tertiary/aromatic N) is 2. The fourth-order valence-electron chi connectivity index (χ4n) is 8.91. The molecular weight excluding hydrogens is 605 g/mol. The quantitative estimate of drug-likeness (QED) is 0.192. The minimum atomic E-state index is -0.0625. The van der Waals surface area contributed by atoms with E-state index in [-0.39, 0.29) is 10.8 Å². The lowest BCUT2D eigenvalue weighted by Gasteiger charge is -2.21. The average molecular weight is 641 g/mol. The molecule has 0 bridgehead atoms. The molecule has 2 heterocycles. The van der Waals surface area contributed by atoms with Gasteiger partial charge in [-0.25, -0.2) is 9.97 Å². The Morgan fingerprint density at radius 2 is 0.640 bits per heavy atom. The largest absolute Gasteiger partial charge is 0.247 e. The van der Waals surface area contributed by atoms with Gasteiger partial charge in [-0.15, -0.1) is 0 Å². The number of fused-ring (bicyclic) bond motifs is 8. The molecule has 2 nitrogen and oxygen atoms in total. The summed E-state index contributed by atoms with van der Waals surface area (Å²) >= 11 is 0. The van der Waals surface area contributed by atoms with E-state index >= 15 is 0 Å². The highest BCUT2D eigenvalue weighted by molar-refractivity contribution is 6.12. The summed E-state index contributed by atoms with van der Waals surface area (Å²) in [6.07, 6.45) is 0. The minimum Gasteiger partial charge on any atom is -0.247 e. The molecule has 0 saturated carbocycles. The first-order valence-electron chi connectivity index (χ1n) is 17.6. The molecule has 10 rings (SSSR count). The predicted octanol–water partition coefficient (Wildman–Crippen LogP) is 12.4. The first kappa shape index (κ1) is 29.1. The van der Waals surface area contributed by atoms with Crippen LogP contribution in [0.1, 0.15) is 49.9 Å². The van der Waals surface area contributed by atoms with Crippen molar-refractivity contribution >= 4 is 21.5 Å². The Morgan fingerprint density at radius 1 is 0.300 bits per heavy atom. The van der Waals surface area contributed by atoms with Crippen molar-refractivity contribution < 1.29 is 0 Å². The molecule has 0 atom stereocenters. The number of pyridine rings is 2.